The van der Waals surface area contributed by atoms with Gasteiger partial charge in [0.25, 0.3) is 0 Å². The summed E-state index contributed by atoms with van der Waals surface area (Å²) in [7, 11) is 1.11. The standard InChI is InChI=1S/C8H17NO2/c1-3-4-5-6-8(11)9(2)7-10/h10H,3-7H2,1-2H3/i4D2,5D2,6D2. The van der Waals surface area contributed by atoms with Crippen LogP contribution in [0.4, 0.5) is 0 Å². The molecule has 0 unspecified atom stereocenters. The molecule has 0 saturated carbocycles. The fourth-order valence-electron chi connectivity index (χ4n) is 0.346. The van der Waals surface area contributed by atoms with Gasteiger partial charge in [-0.05, 0) is 6.37 Å². The molecule has 0 aromatic rings. The molecular weight excluding hydrogens is 142 g/mol. The van der Waals surface area contributed by atoms with Crippen molar-refractivity contribution in [2.45, 2.75) is 32.5 Å². The van der Waals surface area contributed by atoms with Crippen LogP contribution in [0.5, 0.6) is 0 Å². The van der Waals surface area contributed by atoms with Gasteiger partial charge in [0.2, 0.25) is 5.91 Å². The number of hydrogen-bond acceptors (Lipinski definition) is 2. The third kappa shape index (κ3) is 4.79. The van der Waals surface area contributed by atoms with Gasteiger partial charge in [0.1, 0.15) is 6.73 Å². The topological polar surface area (TPSA) is 40.5 Å². The molecule has 11 heavy (non-hydrogen) atoms. The maximum absolute atomic E-state index is 11.6. The van der Waals surface area contributed by atoms with Gasteiger partial charge in [-0.3, -0.25) is 4.79 Å². The summed E-state index contributed by atoms with van der Waals surface area (Å²) in [6.07, 6.45) is -8.79. The van der Waals surface area contributed by atoms with Crippen LogP contribution in [0.2, 0.25) is 0 Å². The quantitative estimate of drug-likeness (QED) is 0.617. The predicted molar refractivity (Wildman–Crippen MR) is 44.0 cm³/mol. The van der Waals surface area contributed by atoms with Gasteiger partial charge < -0.3 is 10.0 Å². The summed E-state index contributed by atoms with van der Waals surface area (Å²) in [6, 6.07) is 0. The lowest BCUT2D eigenvalue weighted by Crippen LogP contribution is -2.26. The van der Waals surface area contributed by atoms with Crippen LogP contribution >= 0.6 is 0 Å². The fraction of sp³-hybridized carbons (Fsp3) is 0.875. The van der Waals surface area contributed by atoms with Crippen LogP contribution in [0.25, 0.3) is 0 Å². The van der Waals surface area contributed by atoms with Crippen molar-refractivity contribution in [3.05, 3.63) is 0 Å². The largest absolute Gasteiger partial charge is 0.376 e. The van der Waals surface area contributed by atoms with Crippen LogP contribution in [0.3, 0.4) is 0 Å². The molecule has 0 aliphatic heterocycles. The maximum Gasteiger partial charge on any atom is 0.224 e. The number of nitrogens with zero attached hydrogens (tertiary/aromatic N) is 1. The van der Waals surface area contributed by atoms with E-state index in [-0.39, 0.29) is 6.42 Å². The van der Waals surface area contributed by atoms with Crippen LogP contribution in [0.15, 0.2) is 0 Å². The number of carbonyl (C=O) groups excluding carboxylic acids is 1. The number of aliphatic hydroxyl groups excluding tert-OH is 1. The molecule has 0 rings (SSSR count). The monoisotopic (exact) mass is 165 g/mol. The molecule has 0 radical (unpaired) electrons. The molecule has 0 fully saturated rings. The molecule has 3 nitrogen and oxygen atoms in total. The van der Waals surface area contributed by atoms with Gasteiger partial charge in [-0.15, -0.1) is 0 Å². The Morgan fingerprint density at radius 3 is 2.73 bits per heavy atom. The molecule has 0 heterocycles. The molecule has 3 heteroatoms. The average molecular weight is 165 g/mol. The van der Waals surface area contributed by atoms with Crippen LogP contribution < -0.4 is 0 Å². The summed E-state index contributed by atoms with van der Waals surface area (Å²) in [5.41, 5.74) is 0. The zero-order valence-corrected chi connectivity index (χ0v) is 6.72. The lowest BCUT2D eigenvalue weighted by Gasteiger charge is -2.12. The molecule has 0 bridgehead atoms. The second kappa shape index (κ2) is 6.16. The summed E-state index contributed by atoms with van der Waals surface area (Å²) >= 11 is 0. The van der Waals surface area contributed by atoms with E-state index in [2.05, 4.69) is 0 Å². The predicted octanol–water partition coefficient (Wildman–Crippen LogP) is 0.975. The smallest absolute Gasteiger partial charge is 0.224 e. The number of hydrogen-bond donors (Lipinski definition) is 1. The van der Waals surface area contributed by atoms with Crippen molar-refractivity contribution in [3.63, 3.8) is 0 Å². The molecule has 0 atom stereocenters. The summed E-state index contributed by atoms with van der Waals surface area (Å²) in [6.45, 7) is 0.609. The second-order valence-corrected chi connectivity index (χ2v) is 1.92. The van der Waals surface area contributed by atoms with Gasteiger partial charge in [0, 0.05) is 21.6 Å². The Kier molecular flexibility index (Phi) is 2.18. The Labute approximate surface area is 76.4 Å². The highest BCUT2D eigenvalue weighted by Crippen LogP contribution is 2.00. The molecule has 0 aromatic heterocycles. The average Bonchev–Trinajstić information content (AvgIpc) is 2.26. The van der Waals surface area contributed by atoms with E-state index in [1.165, 1.54) is 6.92 Å². The number of aliphatic hydroxyl groups is 1. The lowest BCUT2D eigenvalue weighted by atomic mass is 10.2. The van der Waals surface area contributed by atoms with E-state index in [9.17, 15) is 4.79 Å². The van der Waals surface area contributed by atoms with E-state index in [0.29, 0.717) is 4.90 Å². The van der Waals surface area contributed by atoms with Crippen molar-refractivity contribution in [2.24, 2.45) is 0 Å². The van der Waals surface area contributed by atoms with Crippen molar-refractivity contribution in [1.29, 1.82) is 0 Å². The Balaban J connectivity index is 5.37. The molecule has 0 aliphatic rings. The molecule has 0 aromatic carbocycles. The van der Waals surface area contributed by atoms with E-state index < -0.39 is 31.8 Å². The van der Waals surface area contributed by atoms with Gasteiger partial charge in [0.15, 0.2) is 0 Å². The minimum atomic E-state index is -3.05. The summed E-state index contributed by atoms with van der Waals surface area (Å²) in [5, 5.41) is 8.72. The SMILES string of the molecule is [2H]C([2H])(CC)C([2H])([2H])C([2H])([2H])C(=O)N(C)CO. The Hall–Kier alpha value is -0.570. The van der Waals surface area contributed by atoms with E-state index in [1.54, 1.807) is 0 Å². The molecule has 1 N–H and O–H groups in total. The zero-order valence-electron chi connectivity index (χ0n) is 12.7. The van der Waals surface area contributed by atoms with Gasteiger partial charge in [0.05, 0.1) is 0 Å². The molecular formula is C8H17NO2. The minimum Gasteiger partial charge on any atom is -0.376 e. The normalized spacial score (nSPS) is 21.7. The van der Waals surface area contributed by atoms with Crippen molar-refractivity contribution in [1.82, 2.24) is 4.90 Å². The first-order valence-corrected chi connectivity index (χ1v) is 3.32. The van der Waals surface area contributed by atoms with E-state index in [0.717, 1.165) is 7.05 Å². The Morgan fingerprint density at radius 2 is 2.27 bits per heavy atom. The van der Waals surface area contributed by atoms with Gasteiger partial charge in [-0.1, -0.05) is 19.7 Å². The summed E-state index contributed by atoms with van der Waals surface area (Å²) < 4.78 is 44.9. The van der Waals surface area contributed by atoms with Gasteiger partial charge in [-0.2, -0.15) is 0 Å². The van der Waals surface area contributed by atoms with E-state index >= 15 is 0 Å². The third-order valence-corrected chi connectivity index (χ3v) is 0.993. The van der Waals surface area contributed by atoms with Gasteiger partial charge >= 0.3 is 0 Å². The van der Waals surface area contributed by atoms with E-state index in [4.69, 9.17) is 13.3 Å². The summed E-state index contributed by atoms with van der Waals surface area (Å²) in [4.78, 5) is 12.2. The van der Waals surface area contributed by atoms with Crippen molar-refractivity contribution >= 4 is 5.91 Å². The Morgan fingerprint density at radius 1 is 1.64 bits per heavy atom. The first-order chi connectivity index (χ1) is 7.45. The van der Waals surface area contributed by atoms with Crippen LogP contribution in [-0.4, -0.2) is 29.7 Å². The second-order valence-electron chi connectivity index (χ2n) is 1.92. The first-order valence-electron chi connectivity index (χ1n) is 6.32. The number of carbonyl (C=O) groups is 1. The van der Waals surface area contributed by atoms with Crippen molar-refractivity contribution in [3.8, 4) is 0 Å². The van der Waals surface area contributed by atoms with Crippen molar-refractivity contribution < 1.29 is 18.1 Å². The maximum atomic E-state index is 11.6. The highest BCUT2D eigenvalue weighted by Gasteiger charge is 2.04. The third-order valence-electron chi connectivity index (χ3n) is 0.993. The van der Waals surface area contributed by atoms with E-state index in [1.807, 2.05) is 0 Å². The minimum absolute atomic E-state index is 0.268. The zero-order chi connectivity index (χ0) is 14.1. The molecule has 0 spiro atoms. The first kappa shape index (κ1) is 3.90. The van der Waals surface area contributed by atoms with Crippen molar-refractivity contribution in [2.75, 3.05) is 13.8 Å². The van der Waals surface area contributed by atoms with Crippen LogP contribution in [0, 0.1) is 0 Å². The molecule has 1 amide bonds. The highest BCUT2D eigenvalue weighted by atomic mass is 16.3. The highest BCUT2D eigenvalue weighted by molar-refractivity contribution is 5.75. The molecule has 0 aliphatic carbocycles. The summed E-state index contributed by atoms with van der Waals surface area (Å²) in [5.74, 6) is -1.29. The van der Waals surface area contributed by atoms with Crippen LogP contribution in [-0.2, 0) is 4.79 Å². The molecule has 66 valence electrons. The number of rotatable bonds is 5. The number of amides is 1. The molecule has 0 saturated heterocycles. The van der Waals surface area contributed by atoms with Gasteiger partial charge in [-0.25, -0.2) is 0 Å². The lowest BCUT2D eigenvalue weighted by molar-refractivity contribution is -0.133. The Bertz CT molecular complexity index is 294. The fourth-order valence-corrected chi connectivity index (χ4v) is 0.346. The van der Waals surface area contributed by atoms with Crippen LogP contribution in [0.1, 0.15) is 40.7 Å².